The summed E-state index contributed by atoms with van der Waals surface area (Å²) >= 11 is 0. The molecule has 0 bridgehead atoms. The lowest BCUT2D eigenvalue weighted by Crippen LogP contribution is -2.39. The van der Waals surface area contributed by atoms with Gasteiger partial charge in [-0.05, 0) is 98.1 Å². The molecule has 0 unspecified atom stereocenters. The zero-order chi connectivity index (χ0) is 30.1. The molecule has 4 aromatic carbocycles. The molecule has 0 aliphatic carbocycles. The number of sulfonamides is 1. The van der Waals surface area contributed by atoms with Crippen LogP contribution in [0.1, 0.15) is 22.3 Å². The molecular formula is C32H32N4O5S. The number of carbonyl (C=O) groups excluding carboxylic acids is 2. The number of anilines is 2. The molecule has 0 aromatic heterocycles. The molecule has 4 aromatic rings. The Balaban J connectivity index is 1.35. The standard InChI is InChI=1S/C32H32N4O5S/c1-23-9-14-27(15-10-23)34-32(38)22-41-29-17-12-26(13-18-29)20-33-35-31(37)21-36(28-16-11-24(2)25(3)19-28)42(39,40)30-7-5-4-6-8-30/h4-20H,21-22H2,1-3H3,(H,34,38)(H,35,37)/b33-20+. The Morgan fingerprint density at radius 3 is 2.19 bits per heavy atom. The molecule has 42 heavy (non-hydrogen) atoms. The first-order chi connectivity index (χ1) is 20.1. The highest BCUT2D eigenvalue weighted by Gasteiger charge is 2.27. The minimum Gasteiger partial charge on any atom is -0.484 e. The van der Waals surface area contributed by atoms with Gasteiger partial charge in [-0.3, -0.25) is 13.9 Å². The minimum absolute atomic E-state index is 0.0782. The van der Waals surface area contributed by atoms with Crippen LogP contribution in [0.25, 0.3) is 0 Å². The van der Waals surface area contributed by atoms with Crippen LogP contribution in [-0.4, -0.2) is 39.6 Å². The third-order valence-electron chi connectivity index (χ3n) is 6.39. The van der Waals surface area contributed by atoms with Gasteiger partial charge in [0.15, 0.2) is 6.61 Å². The Morgan fingerprint density at radius 1 is 0.833 bits per heavy atom. The van der Waals surface area contributed by atoms with Gasteiger partial charge in [-0.2, -0.15) is 5.10 Å². The van der Waals surface area contributed by atoms with E-state index in [-0.39, 0.29) is 17.4 Å². The number of hydrazone groups is 1. The second-order valence-corrected chi connectivity index (χ2v) is 11.5. The molecule has 2 N–H and O–H groups in total. The summed E-state index contributed by atoms with van der Waals surface area (Å²) in [5, 5.41) is 6.75. The van der Waals surface area contributed by atoms with Crippen molar-refractivity contribution in [1.82, 2.24) is 5.43 Å². The highest BCUT2D eigenvalue weighted by Crippen LogP contribution is 2.25. The molecule has 0 saturated carbocycles. The minimum atomic E-state index is -4.01. The monoisotopic (exact) mass is 584 g/mol. The first-order valence-corrected chi connectivity index (χ1v) is 14.6. The number of nitrogens with one attached hydrogen (secondary N) is 2. The lowest BCUT2D eigenvalue weighted by Gasteiger charge is -2.24. The van der Waals surface area contributed by atoms with E-state index in [1.165, 1.54) is 18.3 Å². The molecule has 216 valence electrons. The molecule has 0 spiro atoms. The lowest BCUT2D eigenvalue weighted by atomic mass is 10.1. The van der Waals surface area contributed by atoms with Crippen LogP contribution in [0.2, 0.25) is 0 Å². The summed E-state index contributed by atoms with van der Waals surface area (Å²) in [5.74, 6) is -0.398. The number of rotatable bonds is 11. The Kier molecular flexibility index (Phi) is 9.72. The second kappa shape index (κ2) is 13.6. The van der Waals surface area contributed by atoms with E-state index in [9.17, 15) is 18.0 Å². The Bertz CT molecular complexity index is 1670. The molecule has 0 radical (unpaired) electrons. The number of benzene rings is 4. The normalized spacial score (nSPS) is 11.2. The summed E-state index contributed by atoms with van der Waals surface area (Å²) in [7, 11) is -4.01. The first kappa shape index (κ1) is 30.0. The van der Waals surface area contributed by atoms with E-state index in [4.69, 9.17) is 4.74 Å². The number of carbonyl (C=O) groups is 2. The van der Waals surface area contributed by atoms with Crippen molar-refractivity contribution in [3.8, 4) is 5.75 Å². The molecule has 0 aliphatic rings. The van der Waals surface area contributed by atoms with Gasteiger partial charge in [0.1, 0.15) is 12.3 Å². The molecule has 0 saturated heterocycles. The molecule has 0 aliphatic heterocycles. The summed E-state index contributed by atoms with van der Waals surface area (Å²) in [6, 6.07) is 27.4. The van der Waals surface area contributed by atoms with Crippen molar-refractivity contribution < 1.29 is 22.7 Å². The maximum absolute atomic E-state index is 13.5. The summed E-state index contributed by atoms with van der Waals surface area (Å²) < 4.78 is 33.5. The largest absolute Gasteiger partial charge is 0.484 e. The number of aryl methyl sites for hydroxylation is 3. The van der Waals surface area contributed by atoms with E-state index in [2.05, 4.69) is 15.8 Å². The van der Waals surface area contributed by atoms with E-state index < -0.39 is 22.5 Å². The maximum Gasteiger partial charge on any atom is 0.264 e. The third-order valence-corrected chi connectivity index (χ3v) is 8.17. The predicted molar refractivity (Wildman–Crippen MR) is 164 cm³/mol. The van der Waals surface area contributed by atoms with Gasteiger partial charge in [0.25, 0.3) is 21.8 Å². The van der Waals surface area contributed by atoms with Crippen LogP contribution < -0.4 is 19.8 Å². The summed E-state index contributed by atoms with van der Waals surface area (Å²) in [4.78, 5) is 25.0. The van der Waals surface area contributed by atoms with Crippen LogP contribution in [0.15, 0.2) is 107 Å². The fourth-order valence-electron chi connectivity index (χ4n) is 3.89. The Hall–Kier alpha value is -4.96. The van der Waals surface area contributed by atoms with Crippen molar-refractivity contribution in [2.45, 2.75) is 25.7 Å². The van der Waals surface area contributed by atoms with Crippen LogP contribution >= 0.6 is 0 Å². The maximum atomic E-state index is 13.5. The first-order valence-electron chi connectivity index (χ1n) is 13.2. The topological polar surface area (TPSA) is 117 Å². The number of hydrogen-bond acceptors (Lipinski definition) is 6. The summed E-state index contributed by atoms with van der Waals surface area (Å²) in [6.07, 6.45) is 1.43. The van der Waals surface area contributed by atoms with Crippen molar-refractivity contribution in [3.63, 3.8) is 0 Å². The second-order valence-electron chi connectivity index (χ2n) is 9.66. The van der Waals surface area contributed by atoms with E-state index >= 15 is 0 Å². The van der Waals surface area contributed by atoms with Crippen molar-refractivity contribution in [2.24, 2.45) is 5.10 Å². The van der Waals surface area contributed by atoms with Crippen molar-refractivity contribution >= 4 is 39.4 Å². The fraction of sp³-hybridized carbons (Fsp3) is 0.156. The van der Waals surface area contributed by atoms with E-state index in [1.54, 1.807) is 54.6 Å². The van der Waals surface area contributed by atoms with Gasteiger partial charge in [0, 0.05) is 5.69 Å². The van der Waals surface area contributed by atoms with Crippen LogP contribution in [0, 0.1) is 20.8 Å². The zero-order valence-corrected chi connectivity index (χ0v) is 24.4. The van der Waals surface area contributed by atoms with Gasteiger partial charge in [-0.1, -0.05) is 42.0 Å². The number of ether oxygens (including phenoxy) is 1. The van der Waals surface area contributed by atoms with Gasteiger partial charge in [0.05, 0.1) is 16.8 Å². The highest BCUT2D eigenvalue weighted by atomic mass is 32.2. The highest BCUT2D eigenvalue weighted by molar-refractivity contribution is 7.92. The molecule has 4 rings (SSSR count). The van der Waals surface area contributed by atoms with Gasteiger partial charge >= 0.3 is 0 Å². The average Bonchev–Trinajstić information content (AvgIpc) is 2.98. The number of hydrogen-bond donors (Lipinski definition) is 2. The molecule has 9 nitrogen and oxygen atoms in total. The summed E-state index contributed by atoms with van der Waals surface area (Å²) in [5.41, 5.74) is 7.14. The summed E-state index contributed by atoms with van der Waals surface area (Å²) in [6.45, 7) is 5.16. The zero-order valence-electron chi connectivity index (χ0n) is 23.6. The van der Waals surface area contributed by atoms with Gasteiger partial charge in [-0.15, -0.1) is 0 Å². The Labute approximate surface area is 245 Å². The predicted octanol–water partition coefficient (Wildman–Crippen LogP) is 4.97. The van der Waals surface area contributed by atoms with Crippen LogP contribution in [0.5, 0.6) is 5.75 Å². The van der Waals surface area contributed by atoms with Gasteiger partial charge in [0.2, 0.25) is 0 Å². The molecule has 0 atom stereocenters. The van der Waals surface area contributed by atoms with Gasteiger partial charge in [-0.25, -0.2) is 13.8 Å². The SMILES string of the molecule is Cc1ccc(NC(=O)COc2ccc(/C=N/NC(=O)CN(c3ccc(C)c(C)c3)S(=O)(=O)c3ccccc3)cc2)cc1. The van der Waals surface area contributed by atoms with Crippen molar-refractivity contribution in [1.29, 1.82) is 0 Å². The van der Waals surface area contributed by atoms with Crippen LogP contribution in [0.3, 0.4) is 0 Å². The third kappa shape index (κ3) is 8.05. The molecule has 0 fully saturated rings. The van der Waals surface area contributed by atoms with E-state index in [0.29, 0.717) is 22.7 Å². The smallest absolute Gasteiger partial charge is 0.264 e. The van der Waals surface area contributed by atoms with Crippen LogP contribution in [-0.2, 0) is 19.6 Å². The quantitative estimate of drug-likeness (QED) is 0.191. The molecule has 2 amide bonds. The molecule has 10 heteroatoms. The fourth-order valence-corrected chi connectivity index (χ4v) is 5.33. The lowest BCUT2D eigenvalue weighted by molar-refractivity contribution is -0.119. The Morgan fingerprint density at radius 2 is 1.52 bits per heavy atom. The van der Waals surface area contributed by atoms with E-state index in [1.807, 2.05) is 51.1 Å². The van der Waals surface area contributed by atoms with Crippen LogP contribution in [0.4, 0.5) is 11.4 Å². The van der Waals surface area contributed by atoms with Crippen molar-refractivity contribution in [2.75, 3.05) is 22.8 Å². The van der Waals surface area contributed by atoms with Gasteiger partial charge < -0.3 is 10.1 Å². The molecular weight excluding hydrogens is 552 g/mol. The number of amides is 2. The molecule has 0 heterocycles. The number of nitrogens with zero attached hydrogens (tertiary/aromatic N) is 2. The van der Waals surface area contributed by atoms with E-state index in [0.717, 1.165) is 21.0 Å². The average molecular weight is 585 g/mol. The van der Waals surface area contributed by atoms with Crippen molar-refractivity contribution in [3.05, 3.63) is 119 Å².